The predicted molar refractivity (Wildman–Crippen MR) is 186 cm³/mol. The zero-order valence-electron chi connectivity index (χ0n) is 31.3. The van der Waals surface area contributed by atoms with Gasteiger partial charge >= 0.3 is 39.0 Å². The number of fused-ring (bicyclic) bond motifs is 4. The van der Waals surface area contributed by atoms with Crippen molar-refractivity contribution in [3.05, 3.63) is 78.9 Å². The van der Waals surface area contributed by atoms with E-state index in [9.17, 15) is 10.2 Å². The fourth-order valence-electron chi connectivity index (χ4n) is 4.97. The first-order valence-corrected chi connectivity index (χ1v) is 15.8. The Labute approximate surface area is 314 Å². The van der Waals surface area contributed by atoms with Crippen LogP contribution in [0.1, 0.15) is 127 Å². The van der Waals surface area contributed by atoms with E-state index in [4.69, 9.17) is 41.1 Å². The molecular formula is C36H56N4O6Zn2. The van der Waals surface area contributed by atoms with E-state index in [1.54, 1.807) is 0 Å². The molecule has 4 N–H and O–H groups in total. The largest absolute Gasteiger partial charge is 2.00 e. The Hall–Kier alpha value is -1.93. The second-order valence-electron chi connectivity index (χ2n) is 14.0. The molecule has 0 spiro atoms. The molecular weight excluding hydrogens is 715 g/mol. The van der Waals surface area contributed by atoms with Crippen molar-refractivity contribution in [3.63, 3.8) is 0 Å². The van der Waals surface area contributed by atoms with E-state index in [2.05, 4.69) is 41.5 Å². The van der Waals surface area contributed by atoms with Gasteiger partial charge in [0.25, 0.3) is 11.9 Å². The van der Waals surface area contributed by atoms with Crippen molar-refractivity contribution in [1.82, 2.24) is 0 Å². The van der Waals surface area contributed by atoms with Crippen LogP contribution in [0.5, 0.6) is 11.5 Å². The van der Waals surface area contributed by atoms with Crippen molar-refractivity contribution in [3.8, 4) is 11.5 Å². The molecule has 48 heavy (non-hydrogen) atoms. The summed E-state index contributed by atoms with van der Waals surface area (Å²) in [6, 6.07) is 7.54. The average Bonchev–Trinajstić information content (AvgIpc) is 2.93. The van der Waals surface area contributed by atoms with Crippen LogP contribution in [0, 0.1) is 24.7 Å². The Morgan fingerprint density at radius 3 is 0.896 bits per heavy atom. The Morgan fingerprint density at radius 1 is 0.562 bits per heavy atom. The number of phenols is 2. The molecule has 3 rings (SSSR count). The van der Waals surface area contributed by atoms with E-state index in [-0.39, 0.29) is 74.0 Å². The van der Waals surface area contributed by atoms with E-state index in [0.29, 0.717) is 37.7 Å². The third kappa shape index (κ3) is 16.6. The van der Waals surface area contributed by atoms with E-state index in [0.717, 1.165) is 47.2 Å². The molecule has 0 radical (unpaired) electrons. The van der Waals surface area contributed by atoms with Crippen LogP contribution in [0.4, 0.5) is 0 Å². The second kappa shape index (κ2) is 21.3. The number of hydrogen-bond acceptors (Lipinski definition) is 4. The minimum absolute atomic E-state index is 0. The minimum Gasteiger partial charge on any atom is -0.655 e. The van der Waals surface area contributed by atoms with Crippen molar-refractivity contribution in [2.75, 3.05) is 26.2 Å². The smallest absolute Gasteiger partial charge is 0.655 e. The molecule has 12 heteroatoms. The molecule has 0 saturated carbocycles. The van der Waals surface area contributed by atoms with Gasteiger partial charge in [0, 0.05) is 13.8 Å². The van der Waals surface area contributed by atoms with Gasteiger partial charge in [-0.25, -0.2) is 0 Å². The number of aromatic hydroxyl groups is 2. The van der Waals surface area contributed by atoms with Crippen molar-refractivity contribution < 1.29 is 69.0 Å². The standard InChI is InChI=1S/C32H48N4O2.2C2H4O2.2Zn/c1-19-11-25-21(3)33-15-31(7,8)17-35-23(5)27-13-20(2)14-28(30(27)38)24(6)36-18-32(9,10)16-34-22(4)26(12-19)29(25)37;2*1-2(3)4;;/h11-14,21-24,37-38H,15-18H2,1-10H3;2*1H3,(H,3,4);;/q-4;;;2*+2. The summed E-state index contributed by atoms with van der Waals surface area (Å²) in [6.45, 7) is 25.6. The monoisotopic (exact) mass is 768 g/mol. The molecule has 0 aliphatic carbocycles. The third-order valence-corrected chi connectivity index (χ3v) is 7.60. The Bertz CT molecular complexity index is 1140. The van der Waals surface area contributed by atoms with Crippen LogP contribution in [0.25, 0.3) is 21.3 Å². The topological polar surface area (TPSA) is 171 Å². The zero-order valence-corrected chi connectivity index (χ0v) is 37.2. The van der Waals surface area contributed by atoms with Gasteiger partial charge in [-0.3, -0.25) is 9.59 Å². The molecule has 2 aromatic carbocycles. The maximum atomic E-state index is 11.2. The number of aliphatic carboxylic acids is 2. The fourth-order valence-corrected chi connectivity index (χ4v) is 4.97. The maximum absolute atomic E-state index is 11.2. The number of rotatable bonds is 0. The number of carboxylic acids is 2. The first kappa shape index (κ1) is 48.2. The van der Waals surface area contributed by atoms with Gasteiger partial charge in [-0.1, -0.05) is 102 Å². The van der Waals surface area contributed by atoms with Gasteiger partial charge in [-0.2, -0.15) is 0 Å². The molecule has 1 aliphatic rings. The van der Waals surface area contributed by atoms with E-state index in [1.165, 1.54) is 0 Å². The van der Waals surface area contributed by atoms with Crippen LogP contribution >= 0.6 is 0 Å². The number of carboxylic acid groups (broad SMARTS) is 2. The van der Waals surface area contributed by atoms with Crippen LogP contribution < -0.4 is 0 Å². The van der Waals surface area contributed by atoms with Crippen LogP contribution in [0.3, 0.4) is 0 Å². The quantitative estimate of drug-likeness (QED) is 0.194. The molecule has 4 unspecified atom stereocenters. The van der Waals surface area contributed by atoms with Crippen molar-refractivity contribution >= 4 is 11.9 Å². The second-order valence-corrected chi connectivity index (χ2v) is 14.0. The van der Waals surface area contributed by atoms with Crippen LogP contribution in [0.2, 0.25) is 0 Å². The molecule has 260 valence electrons. The number of aryl methyl sites for hydroxylation is 2. The van der Waals surface area contributed by atoms with Gasteiger partial charge < -0.3 is 41.7 Å². The number of phenolic OH excluding ortho intramolecular Hbond substituents is 2. The van der Waals surface area contributed by atoms with Gasteiger partial charge in [0.05, 0.1) is 0 Å². The summed E-state index contributed by atoms with van der Waals surface area (Å²) in [5, 5.41) is 57.2. The van der Waals surface area contributed by atoms with Crippen molar-refractivity contribution in [2.45, 2.75) is 107 Å². The van der Waals surface area contributed by atoms with Crippen LogP contribution in [-0.4, -0.2) is 58.5 Å². The van der Waals surface area contributed by atoms with Crippen LogP contribution in [0.15, 0.2) is 24.3 Å². The summed E-state index contributed by atoms with van der Waals surface area (Å²) in [4.78, 5) is 18.0. The molecule has 0 fully saturated rings. The predicted octanol–water partition coefficient (Wildman–Crippen LogP) is 9.40. The SMILES string of the molecule is CC(=O)O.CC(=O)O.Cc1cc2c(O)c(c1)C(C)[N-]CC(C)(C)C[N-]C(C)c1cc(C)cc(c1O)C(C)[N-]CC(C)(C)C[N-]C2C.[Zn+2].[Zn+2]. The number of nitrogens with zero attached hydrogens (tertiary/aromatic N) is 4. The fraction of sp³-hybridized carbons (Fsp3) is 0.611. The molecule has 4 atom stereocenters. The van der Waals surface area contributed by atoms with Crippen LogP contribution in [-0.2, 0) is 48.5 Å². The molecule has 1 aliphatic heterocycles. The molecule has 2 aromatic rings. The minimum atomic E-state index is -0.833. The van der Waals surface area contributed by atoms with Crippen molar-refractivity contribution in [1.29, 1.82) is 0 Å². The third-order valence-electron chi connectivity index (χ3n) is 7.60. The van der Waals surface area contributed by atoms with Gasteiger partial charge in [-0.15, -0.1) is 50.3 Å². The molecule has 0 amide bonds. The van der Waals surface area contributed by atoms with E-state index >= 15 is 0 Å². The number of benzene rings is 2. The summed E-state index contributed by atoms with van der Waals surface area (Å²) in [6.07, 6.45) is 0. The molecule has 0 aromatic heterocycles. The Kier molecular flexibility index (Phi) is 21.4. The molecule has 10 nitrogen and oxygen atoms in total. The summed E-state index contributed by atoms with van der Waals surface area (Å²) in [5.74, 6) is -1.07. The van der Waals surface area contributed by atoms with E-state index < -0.39 is 11.9 Å². The van der Waals surface area contributed by atoms with Gasteiger partial charge in [0.2, 0.25) is 0 Å². The molecule has 1 heterocycles. The Morgan fingerprint density at radius 2 is 0.729 bits per heavy atom. The normalized spacial score (nSPS) is 22.4. The number of hydrogen-bond donors (Lipinski definition) is 4. The maximum Gasteiger partial charge on any atom is 2.00 e. The first-order chi connectivity index (χ1) is 21.1. The summed E-state index contributed by atoms with van der Waals surface area (Å²) in [7, 11) is 0. The van der Waals surface area contributed by atoms with E-state index in [1.807, 2.05) is 52.0 Å². The first-order valence-electron chi connectivity index (χ1n) is 15.8. The molecule has 0 saturated heterocycles. The Balaban J connectivity index is 0. The average molecular weight is 772 g/mol. The van der Waals surface area contributed by atoms with Gasteiger partial charge in [0.1, 0.15) is 11.5 Å². The van der Waals surface area contributed by atoms with Gasteiger partial charge in [0.15, 0.2) is 0 Å². The molecule has 4 bridgehead atoms. The zero-order chi connectivity index (χ0) is 35.6. The summed E-state index contributed by atoms with van der Waals surface area (Å²) < 4.78 is 0. The van der Waals surface area contributed by atoms with Crippen molar-refractivity contribution in [2.24, 2.45) is 10.8 Å². The summed E-state index contributed by atoms with van der Waals surface area (Å²) in [5.41, 5.74) is 5.25. The summed E-state index contributed by atoms with van der Waals surface area (Å²) >= 11 is 0. The number of carbonyl (C=O) groups is 2. The van der Waals surface area contributed by atoms with Gasteiger partial charge in [-0.05, 0) is 36.1 Å².